The molecule has 2 aromatic carbocycles. The van der Waals surface area contributed by atoms with Gasteiger partial charge in [-0.05, 0) is 59.6 Å². The van der Waals surface area contributed by atoms with Gasteiger partial charge in [0.25, 0.3) is 0 Å². The molecule has 6 nitrogen and oxygen atoms in total. The lowest BCUT2D eigenvalue weighted by atomic mass is 9.79. The Morgan fingerprint density at radius 1 is 1.00 bits per heavy atom. The van der Waals surface area contributed by atoms with E-state index in [1.165, 1.54) is 6.07 Å². The van der Waals surface area contributed by atoms with Crippen LogP contribution in [0.1, 0.15) is 68.5 Å². The Kier molecular flexibility index (Phi) is 4.95. The molecule has 0 amide bonds. The standard InChI is InChI=1S/C20H21NO5/c21-17-9-11(10-22)8-16(20(25)26)18(17)14-7-3-6-12(14)13-4-1-2-5-15(13)19(23)24/h1-2,4-5,8-9,12,14,22H,3,6-7,10,21H2,(H,23,24)(H,25,26). The van der Waals surface area contributed by atoms with Crippen LogP contribution in [0.2, 0.25) is 0 Å². The second-order valence-electron chi connectivity index (χ2n) is 6.65. The summed E-state index contributed by atoms with van der Waals surface area (Å²) in [5.41, 5.74) is 8.52. The molecule has 1 aliphatic carbocycles. The summed E-state index contributed by atoms with van der Waals surface area (Å²) in [5.74, 6) is -2.37. The molecule has 0 heterocycles. The third-order valence-corrected chi connectivity index (χ3v) is 5.16. The van der Waals surface area contributed by atoms with Gasteiger partial charge in [0.1, 0.15) is 0 Å². The summed E-state index contributed by atoms with van der Waals surface area (Å²) in [6.07, 6.45) is 2.38. The second kappa shape index (κ2) is 7.17. The lowest BCUT2D eigenvalue weighted by Gasteiger charge is -2.25. The number of nitrogens with two attached hydrogens (primary N) is 1. The minimum absolute atomic E-state index is 0.0822. The summed E-state index contributed by atoms with van der Waals surface area (Å²) in [6, 6.07) is 9.90. The van der Waals surface area contributed by atoms with E-state index in [0.717, 1.165) is 19.3 Å². The highest BCUT2D eigenvalue weighted by atomic mass is 16.4. The first kappa shape index (κ1) is 17.9. The Balaban J connectivity index is 2.13. The van der Waals surface area contributed by atoms with Gasteiger partial charge < -0.3 is 21.1 Å². The molecule has 136 valence electrons. The summed E-state index contributed by atoms with van der Waals surface area (Å²) in [6.45, 7) is -0.291. The number of anilines is 1. The Labute approximate surface area is 150 Å². The average molecular weight is 355 g/mol. The van der Waals surface area contributed by atoms with E-state index in [4.69, 9.17) is 5.73 Å². The monoisotopic (exact) mass is 355 g/mol. The van der Waals surface area contributed by atoms with Crippen LogP contribution >= 0.6 is 0 Å². The van der Waals surface area contributed by atoms with Crippen molar-refractivity contribution in [1.29, 1.82) is 0 Å². The Hall–Kier alpha value is -2.86. The van der Waals surface area contributed by atoms with E-state index in [1.807, 2.05) is 0 Å². The van der Waals surface area contributed by atoms with Gasteiger partial charge in [0.05, 0.1) is 17.7 Å². The van der Waals surface area contributed by atoms with Crippen LogP contribution in [0.5, 0.6) is 0 Å². The normalized spacial score (nSPS) is 19.4. The maximum Gasteiger partial charge on any atom is 0.336 e. The van der Waals surface area contributed by atoms with Gasteiger partial charge in [-0.2, -0.15) is 0 Å². The number of carboxylic acid groups (broad SMARTS) is 2. The van der Waals surface area contributed by atoms with Crippen LogP contribution in [-0.4, -0.2) is 27.3 Å². The fraction of sp³-hybridized carbons (Fsp3) is 0.300. The van der Waals surface area contributed by atoms with Gasteiger partial charge in [0, 0.05) is 5.69 Å². The molecule has 0 aliphatic heterocycles. The highest BCUT2D eigenvalue weighted by molar-refractivity contribution is 5.92. The van der Waals surface area contributed by atoms with Crippen LogP contribution in [-0.2, 0) is 6.61 Å². The van der Waals surface area contributed by atoms with Crippen LogP contribution in [0.25, 0.3) is 0 Å². The first-order chi connectivity index (χ1) is 12.4. The molecule has 3 rings (SSSR count). The number of nitrogen functional groups attached to an aromatic ring is 1. The van der Waals surface area contributed by atoms with Crippen LogP contribution in [0.15, 0.2) is 36.4 Å². The maximum atomic E-state index is 11.8. The quantitative estimate of drug-likeness (QED) is 0.611. The van der Waals surface area contributed by atoms with Crippen LogP contribution in [0.4, 0.5) is 5.69 Å². The molecular weight excluding hydrogens is 334 g/mol. The van der Waals surface area contributed by atoms with Gasteiger partial charge >= 0.3 is 11.9 Å². The van der Waals surface area contributed by atoms with Gasteiger partial charge in [-0.1, -0.05) is 24.6 Å². The van der Waals surface area contributed by atoms with E-state index in [-0.39, 0.29) is 29.6 Å². The minimum Gasteiger partial charge on any atom is -0.478 e. The number of hydrogen-bond acceptors (Lipinski definition) is 4. The third kappa shape index (κ3) is 3.15. The van der Waals surface area contributed by atoms with Gasteiger partial charge in [-0.3, -0.25) is 0 Å². The zero-order chi connectivity index (χ0) is 18.8. The molecule has 1 fully saturated rings. The number of carbonyl (C=O) groups is 2. The van der Waals surface area contributed by atoms with Gasteiger partial charge in [-0.15, -0.1) is 0 Å². The molecule has 1 saturated carbocycles. The predicted octanol–water partition coefficient (Wildman–Crippen LogP) is 3.21. The Morgan fingerprint density at radius 2 is 1.65 bits per heavy atom. The van der Waals surface area contributed by atoms with E-state index in [1.54, 1.807) is 30.3 Å². The number of benzene rings is 2. The summed E-state index contributed by atoms with van der Waals surface area (Å²) < 4.78 is 0. The van der Waals surface area contributed by atoms with E-state index in [2.05, 4.69) is 0 Å². The van der Waals surface area contributed by atoms with Crippen molar-refractivity contribution in [2.75, 3.05) is 5.73 Å². The smallest absolute Gasteiger partial charge is 0.336 e. The highest BCUT2D eigenvalue weighted by Gasteiger charge is 2.35. The molecule has 5 N–H and O–H groups in total. The number of rotatable bonds is 5. The van der Waals surface area contributed by atoms with Crippen molar-refractivity contribution in [1.82, 2.24) is 0 Å². The number of aromatic carboxylic acids is 2. The first-order valence-corrected chi connectivity index (χ1v) is 8.52. The van der Waals surface area contributed by atoms with Gasteiger partial charge in [0.15, 0.2) is 0 Å². The largest absolute Gasteiger partial charge is 0.478 e. The predicted molar refractivity (Wildman–Crippen MR) is 96.5 cm³/mol. The molecule has 0 bridgehead atoms. The summed E-state index contributed by atoms with van der Waals surface area (Å²) in [7, 11) is 0. The van der Waals surface area contributed by atoms with Gasteiger partial charge in [-0.25, -0.2) is 9.59 Å². The lowest BCUT2D eigenvalue weighted by Crippen LogP contribution is -2.16. The molecule has 2 aromatic rings. The topological polar surface area (TPSA) is 121 Å². The fourth-order valence-corrected chi connectivity index (χ4v) is 4.11. The molecule has 2 unspecified atom stereocenters. The van der Waals surface area contributed by atoms with Crippen molar-refractivity contribution in [2.24, 2.45) is 0 Å². The van der Waals surface area contributed by atoms with E-state index >= 15 is 0 Å². The number of aliphatic hydroxyl groups is 1. The van der Waals surface area contributed by atoms with Crippen molar-refractivity contribution in [3.05, 3.63) is 64.2 Å². The SMILES string of the molecule is Nc1cc(CO)cc(C(=O)O)c1C1CCCC1c1ccccc1C(=O)O. The zero-order valence-electron chi connectivity index (χ0n) is 14.2. The summed E-state index contributed by atoms with van der Waals surface area (Å²) in [5, 5.41) is 28.5. The summed E-state index contributed by atoms with van der Waals surface area (Å²) >= 11 is 0. The Morgan fingerprint density at radius 3 is 2.31 bits per heavy atom. The Bertz CT molecular complexity index is 861. The number of carboxylic acids is 2. The molecule has 6 heteroatoms. The van der Waals surface area contributed by atoms with Gasteiger partial charge in [0.2, 0.25) is 0 Å². The first-order valence-electron chi connectivity index (χ1n) is 8.52. The van der Waals surface area contributed by atoms with E-state index in [0.29, 0.717) is 22.4 Å². The van der Waals surface area contributed by atoms with Crippen LogP contribution in [0, 0.1) is 0 Å². The van der Waals surface area contributed by atoms with Crippen molar-refractivity contribution in [3.8, 4) is 0 Å². The molecule has 1 aliphatic rings. The average Bonchev–Trinajstić information content (AvgIpc) is 3.09. The number of aliphatic hydroxyl groups excluding tert-OH is 1. The number of hydrogen-bond donors (Lipinski definition) is 4. The minimum atomic E-state index is -1.10. The molecule has 2 atom stereocenters. The van der Waals surface area contributed by atoms with Crippen molar-refractivity contribution < 1.29 is 24.9 Å². The molecule has 0 radical (unpaired) electrons. The fourth-order valence-electron chi connectivity index (χ4n) is 4.11. The second-order valence-corrected chi connectivity index (χ2v) is 6.65. The van der Waals surface area contributed by atoms with Crippen LogP contribution in [0.3, 0.4) is 0 Å². The molecule has 0 aromatic heterocycles. The maximum absolute atomic E-state index is 11.8. The van der Waals surface area contributed by atoms with Crippen molar-refractivity contribution >= 4 is 17.6 Å². The molecule has 0 saturated heterocycles. The molecular formula is C20H21NO5. The van der Waals surface area contributed by atoms with E-state index < -0.39 is 11.9 Å². The lowest BCUT2D eigenvalue weighted by molar-refractivity contribution is 0.0682. The van der Waals surface area contributed by atoms with E-state index in [9.17, 15) is 24.9 Å². The van der Waals surface area contributed by atoms with Crippen molar-refractivity contribution in [2.45, 2.75) is 37.7 Å². The highest BCUT2D eigenvalue weighted by Crippen LogP contribution is 2.49. The van der Waals surface area contributed by atoms with Crippen molar-refractivity contribution in [3.63, 3.8) is 0 Å². The van der Waals surface area contributed by atoms with Crippen LogP contribution < -0.4 is 5.73 Å². The zero-order valence-corrected chi connectivity index (χ0v) is 14.2. The molecule has 26 heavy (non-hydrogen) atoms. The molecule has 0 spiro atoms. The summed E-state index contributed by atoms with van der Waals surface area (Å²) in [4.78, 5) is 23.4. The third-order valence-electron chi connectivity index (χ3n) is 5.16.